The van der Waals surface area contributed by atoms with Crippen molar-refractivity contribution in [2.75, 3.05) is 26.3 Å². The monoisotopic (exact) mass is 200 g/mol. The molecule has 0 saturated carbocycles. The minimum Gasteiger partial charge on any atom is -0.381 e. The molecule has 1 rings (SSSR count). The highest BCUT2D eigenvalue weighted by molar-refractivity contribution is 5.78. The number of nitrogens with one attached hydrogen (secondary N) is 2. The zero-order valence-corrected chi connectivity index (χ0v) is 8.75. The average molecular weight is 200 g/mol. The van der Waals surface area contributed by atoms with Gasteiger partial charge in [0.05, 0.1) is 0 Å². The normalized spacial score (nSPS) is 22.4. The van der Waals surface area contributed by atoms with Crippen LogP contribution in [0, 0.1) is 5.92 Å². The molecule has 1 saturated heterocycles. The van der Waals surface area contributed by atoms with Gasteiger partial charge in [-0.15, -0.1) is 0 Å². The quantitative estimate of drug-likeness (QED) is 0.255. The molecule has 0 aromatic rings. The molecule has 0 radical (unpaired) electrons. The first-order valence-corrected chi connectivity index (χ1v) is 5.19. The van der Waals surface area contributed by atoms with E-state index in [-0.39, 0.29) is 0 Å². The summed E-state index contributed by atoms with van der Waals surface area (Å²) in [6.07, 6.45) is 2.25. The minimum absolute atomic E-state index is 0.673. The second-order valence-electron chi connectivity index (χ2n) is 3.42. The van der Waals surface area contributed by atoms with E-state index in [0.717, 1.165) is 32.7 Å². The number of aliphatic imine (C=N–C) groups is 1. The number of rotatable bonds is 4. The summed E-state index contributed by atoms with van der Waals surface area (Å²) in [5, 5.41) is 3.04. The van der Waals surface area contributed by atoms with Crippen LogP contribution in [-0.4, -0.2) is 32.3 Å². The second-order valence-corrected chi connectivity index (χ2v) is 3.42. The molecule has 14 heavy (non-hydrogen) atoms. The molecule has 1 heterocycles. The van der Waals surface area contributed by atoms with Gasteiger partial charge in [-0.2, -0.15) is 0 Å². The first-order valence-electron chi connectivity index (χ1n) is 5.19. The number of guanidine groups is 1. The van der Waals surface area contributed by atoms with Crippen molar-refractivity contribution in [3.05, 3.63) is 0 Å². The summed E-state index contributed by atoms with van der Waals surface area (Å²) >= 11 is 0. The Morgan fingerprint density at radius 1 is 1.64 bits per heavy atom. The fraction of sp³-hybridized carbons (Fsp3) is 0.889. The molecule has 1 aliphatic rings. The van der Waals surface area contributed by atoms with Gasteiger partial charge in [-0.05, 0) is 25.7 Å². The number of hydrogen-bond acceptors (Lipinski definition) is 3. The fourth-order valence-corrected chi connectivity index (χ4v) is 1.49. The molecule has 1 aliphatic heterocycles. The molecule has 1 fully saturated rings. The van der Waals surface area contributed by atoms with E-state index in [4.69, 9.17) is 10.6 Å². The molecule has 0 aromatic heterocycles. The molecule has 0 bridgehead atoms. The molecule has 4 N–H and O–H groups in total. The van der Waals surface area contributed by atoms with Crippen LogP contribution in [0.15, 0.2) is 4.99 Å². The van der Waals surface area contributed by atoms with E-state index >= 15 is 0 Å². The average Bonchev–Trinajstić information content (AvgIpc) is 2.69. The van der Waals surface area contributed by atoms with E-state index in [1.807, 2.05) is 6.92 Å². The molecular weight excluding hydrogens is 180 g/mol. The lowest BCUT2D eigenvalue weighted by molar-refractivity contribution is 0.184. The lowest BCUT2D eigenvalue weighted by atomic mass is 10.1. The lowest BCUT2D eigenvalue weighted by Crippen LogP contribution is -2.41. The Hall–Kier alpha value is -0.810. The van der Waals surface area contributed by atoms with Gasteiger partial charge in [-0.1, -0.05) is 0 Å². The zero-order chi connectivity index (χ0) is 10.2. The smallest absolute Gasteiger partial charge is 0.205 e. The van der Waals surface area contributed by atoms with Crippen LogP contribution >= 0.6 is 0 Å². The predicted octanol–water partition coefficient (Wildman–Crippen LogP) is -0.158. The zero-order valence-electron chi connectivity index (χ0n) is 8.75. The van der Waals surface area contributed by atoms with Crippen LogP contribution in [0.1, 0.15) is 19.8 Å². The van der Waals surface area contributed by atoms with E-state index in [1.165, 1.54) is 6.42 Å². The van der Waals surface area contributed by atoms with Crippen molar-refractivity contribution in [3.63, 3.8) is 0 Å². The van der Waals surface area contributed by atoms with Crippen LogP contribution in [0.5, 0.6) is 0 Å². The van der Waals surface area contributed by atoms with Crippen LogP contribution in [-0.2, 0) is 4.74 Å². The highest BCUT2D eigenvalue weighted by atomic mass is 16.5. The van der Waals surface area contributed by atoms with E-state index in [0.29, 0.717) is 11.9 Å². The van der Waals surface area contributed by atoms with E-state index in [9.17, 15) is 0 Å². The van der Waals surface area contributed by atoms with Crippen LogP contribution in [0.3, 0.4) is 0 Å². The van der Waals surface area contributed by atoms with Crippen molar-refractivity contribution in [3.8, 4) is 0 Å². The molecule has 0 aromatic carbocycles. The van der Waals surface area contributed by atoms with Crippen LogP contribution < -0.4 is 16.6 Å². The third-order valence-corrected chi connectivity index (χ3v) is 2.31. The van der Waals surface area contributed by atoms with Crippen LogP contribution in [0.2, 0.25) is 0 Å². The first kappa shape index (κ1) is 11.3. The van der Waals surface area contributed by atoms with Crippen molar-refractivity contribution >= 4 is 5.96 Å². The summed E-state index contributed by atoms with van der Waals surface area (Å²) in [4.78, 5) is 4.31. The summed E-state index contributed by atoms with van der Waals surface area (Å²) < 4.78 is 5.28. The van der Waals surface area contributed by atoms with Crippen LogP contribution in [0.25, 0.3) is 0 Å². The Morgan fingerprint density at radius 3 is 3.07 bits per heavy atom. The molecule has 5 heteroatoms. The summed E-state index contributed by atoms with van der Waals surface area (Å²) in [5.74, 6) is 6.64. The van der Waals surface area contributed by atoms with Gasteiger partial charge in [0.25, 0.3) is 0 Å². The maximum Gasteiger partial charge on any atom is 0.205 e. The Balaban J connectivity index is 2.15. The van der Waals surface area contributed by atoms with Crippen molar-refractivity contribution in [2.24, 2.45) is 16.8 Å². The lowest BCUT2D eigenvalue weighted by Gasteiger charge is -2.08. The number of nitrogens with two attached hydrogens (primary N) is 1. The number of ether oxygens (including phenoxy) is 1. The molecular formula is C9H20N4O. The van der Waals surface area contributed by atoms with Crippen molar-refractivity contribution < 1.29 is 4.74 Å². The van der Waals surface area contributed by atoms with Gasteiger partial charge in [0, 0.05) is 26.3 Å². The van der Waals surface area contributed by atoms with Gasteiger partial charge in [-0.3, -0.25) is 10.4 Å². The topological polar surface area (TPSA) is 71.7 Å². The molecule has 0 amide bonds. The van der Waals surface area contributed by atoms with E-state index in [1.54, 1.807) is 0 Å². The summed E-state index contributed by atoms with van der Waals surface area (Å²) in [6, 6.07) is 0. The predicted molar refractivity (Wildman–Crippen MR) is 56.8 cm³/mol. The van der Waals surface area contributed by atoms with Gasteiger partial charge in [0.1, 0.15) is 0 Å². The van der Waals surface area contributed by atoms with Crippen molar-refractivity contribution in [1.29, 1.82) is 0 Å². The standard InChI is InChI=1S/C9H20N4O/c1-2-11-9(13-10)12-5-3-8-4-6-14-7-8/h8H,2-7,10H2,1H3,(H2,11,12,13). The maximum absolute atomic E-state index is 5.29. The second kappa shape index (κ2) is 6.62. The van der Waals surface area contributed by atoms with Gasteiger partial charge < -0.3 is 10.1 Å². The third kappa shape index (κ3) is 3.93. The number of nitrogens with zero attached hydrogens (tertiary/aromatic N) is 1. The Kier molecular flexibility index (Phi) is 5.32. The molecule has 1 unspecified atom stereocenters. The van der Waals surface area contributed by atoms with Gasteiger partial charge in [0.15, 0.2) is 0 Å². The summed E-state index contributed by atoms with van der Waals surface area (Å²) in [7, 11) is 0. The minimum atomic E-state index is 0.673. The molecule has 5 nitrogen and oxygen atoms in total. The fourth-order valence-electron chi connectivity index (χ4n) is 1.49. The Labute approximate surface area is 85.1 Å². The molecule has 0 spiro atoms. The molecule has 0 aliphatic carbocycles. The van der Waals surface area contributed by atoms with Gasteiger partial charge in [-0.25, -0.2) is 5.84 Å². The van der Waals surface area contributed by atoms with E-state index < -0.39 is 0 Å². The number of hydrogen-bond donors (Lipinski definition) is 3. The summed E-state index contributed by atoms with van der Waals surface area (Å²) in [6.45, 7) is 5.44. The SMILES string of the molecule is CCNC(=NCCC1CCOC1)NN. The Morgan fingerprint density at radius 2 is 2.50 bits per heavy atom. The molecule has 82 valence electrons. The van der Waals surface area contributed by atoms with Gasteiger partial charge >= 0.3 is 0 Å². The van der Waals surface area contributed by atoms with Gasteiger partial charge in [0.2, 0.25) is 5.96 Å². The van der Waals surface area contributed by atoms with E-state index in [2.05, 4.69) is 15.7 Å². The first-order chi connectivity index (χ1) is 6.86. The Bertz CT molecular complexity index is 178. The number of hydrazine groups is 1. The highest BCUT2D eigenvalue weighted by Crippen LogP contribution is 2.15. The summed E-state index contributed by atoms with van der Waals surface area (Å²) in [5.41, 5.74) is 2.54. The highest BCUT2D eigenvalue weighted by Gasteiger charge is 2.14. The van der Waals surface area contributed by atoms with Crippen molar-refractivity contribution in [2.45, 2.75) is 19.8 Å². The maximum atomic E-state index is 5.29. The largest absolute Gasteiger partial charge is 0.381 e. The third-order valence-electron chi connectivity index (χ3n) is 2.31. The van der Waals surface area contributed by atoms with Crippen LogP contribution in [0.4, 0.5) is 0 Å². The van der Waals surface area contributed by atoms with Crippen molar-refractivity contribution in [1.82, 2.24) is 10.7 Å². The molecule has 1 atom stereocenters.